The summed E-state index contributed by atoms with van der Waals surface area (Å²) in [6, 6.07) is 11.2. The van der Waals surface area contributed by atoms with Crippen molar-refractivity contribution in [2.45, 2.75) is 20.4 Å². The van der Waals surface area contributed by atoms with Crippen LogP contribution in [0.15, 0.2) is 42.6 Å². The molecule has 2 amide bonds. The first-order valence-corrected chi connectivity index (χ1v) is 6.17. The van der Waals surface area contributed by atoms with E-state index in [0.29, 0.717) is 6.54 Å². The maximum Gasteiger partial charge on any atom is 0.319 e. The first-order chi connectivity index (χ1) is 9.15. The van der Waals surface area contributed by atoms with Gasteiger partial charge in [-0.15, -0.1) is 0 Å². The Hall–Kier alpha value is -2.36. The fraction of sp³-hybridized carbons (Fsp3) is 0.200. The van der Waals surface area contributed by atoms with Crippen molar-refractivity contribution in [3.63, 3.8) is 0 Å². The second-order valence-electron chi connectivity index (χ2n) is 4.43. The van der Waals surface area contributed by atoms with Gasteiger partial charge in [-0.25, -0.2) is 4.79 Å². The average molecular weight is 255 g/mol. The molecule has 98 valence electrons. The third kappa shape index (κ3) is 3.81. The molecule has 4 heteroatoms. The van der Waals surface area contributed by atoms with Gasteiger partial charge in [0, 0.05) is 11.9 Å². The molecule has 1 heterocycles. The largest absolute Gasteiger partial charge is 0.332 e. The van der Waals surface area contributed by atoms with E-state index in [1.807, 2.05) is 50.2 Å². The van der Waals surface area contributed by atoms with Gasteiger partial charge in [0.2, 0.25) is 0 Å². The Bertz CT molecular complexity index is 567. The van der Waals surface area contributed by atoms with E-state index in [2.05, 4.69) is 15.6 Å². The van der Waals surface area contributed by atoms with Crippen LogP contribution in [0.4, 0.5) is 10.5 Å². The molecule has 0 bridgehead atoms. The molecule has 0 aliphatic heterocycles. The van der Waals surface area contributed by atoms with Crippen LogP contribution in [0.25, 0.3) is 0 Å². The summed E-state index contributed by atoms with van der Waals surface area (Å²) in [7, 11) is 0. The number of aryl methyl sites for hydroxylation is 2. The summed E-state index contributed by atoms with van der Waals surface area (Å²) in [6.45, 7) is 4.48. The Balaban J connectivity index is 1.89. The van der Waals surface area contributed by atoms with Gasteiger partial charge in [-0.05, 0) is 49.2 Å². The molecular formula is C15H17N3O. The molecule has 0 spiro atoms. The van der Waals surface area contributed by atoms with Crippen LogP contribution in [0.5, 0.6) is 0 Å². The third-order valence-corrected chi connectivity index (χ3v) is 2.92. The van der Waals surface area contributed by atoms with Crippen molar-refractivity contribution in [3.8, 4) is 0 Å². The number of anilines is 1. The van der Waals surface area contributed by atoms with E-state index in [-0.39, 0.29) is 6.03 Å². The van der Waals surface area contributed by atoms with Crippen molar-refractivity contribution in [1.82, 2.24) is 10.3 Å². The Labute approximate surface area is 112 Å². The number of carbonyl (C=O) groups excluding carboxylic acids is 1. The predicted octanol–water partition coefficient (Wildman–Crippen LogP) is 3.02. The van der Waals surface area contributed by atoms with Crippen LogP contribution in [0.1, 0.15) is 16.8 Å². The maximum atomic E-state index is 11.7. The van der Waals surface area contributed by atoms with Gasteiger partial charge in [0.15, 0.2) is 0 Å². The van der Waals surface area contributed by atoms with E-state index in [0.717, 1.165) is 16.9 Å². The smallest absolute Gasteiger partial charge is 0.319 e. The minimum absolute atomic E-state index is 0.228. The molecule has 1 aromatic heterocycles. The minimum Gasteiger partial charge on any atom is -0.332 e. The van der Waals surface area contributed by atoms with Crippen LogP contribution in [0, 0.1) is 13.8 Å². The number of hydrogen-bond donors (Lipinski definition) is 2. The number of nitrogens with one attached hydrogen (secondary N) is 2. The highest BCUT2D eigenvalue weighted by Gasteiger charge is 2.03. The van der Waals surface area contributed by atoms with E-state index in [4.69, 9.17) is 0 Å². The number of urea groups is 1. The first-order valence-electron chi connectivity index (χ1n) is 6.17. The molecule has 0 radical (unpaired) electrons. The van der Waals surface area contributed by atoms with Gasteiger partial charge in [0.25, 0.3) is 0 Å². The van der Waals surface area contributed by atoms with Crippen molar-refractivity contribution in [2.75, 3.05) is 5.32 Å². The summed E-state index contributed by atoms with van der Waals surface area (Å²) in [5, 5.41) is 5.57. The predicted molar refractivity (Wildman–Crippen MR) is 76.0 cm³/mol. The molecule has 2 rings (SSSR count). The summed E-state index contributed by atoms with van der Waals surface area (Å²) in [5.41, 5.74) is 3.99. The Morgan fingerprint density at radius 3 is 2.68 bits per heavy atom. The summed E-state index contributed by atoms with van der Waals surface area (Å²) in [5.74, 6) is 0. The van der Waals surface area contributed by atoms with Gasteiger partial charge in [0.1, 0.15) is 0 Å². The minimum atomic E-state index is -0.228. The van der Waals surface area contributed by atoms with Gasteiger partial charge < -0.3 is 10.6 Å². The monoisotopic (exact) mass is 255 g/mol. The lowest BCUT2D eigenvalue weighted by atomic mass is 10.1. The zero-order valence-electron chi connectivity index (χ0n) is 11.1. The number of pyridine rings is 1. The molecule has 1 aromatic carbocycles. The van der Waals surface area contributed by atoms with Gasteiger partial charge in [-0.2, -0.15) is 0 Å². The van der Waals surface area contributed by atoms with Crippen molar-refractivity contribution in [2.24, 2.45) is 0 Å². The second kappa shape index (κ2) is 6.00. The van der Waals surface area contributed by atoms with Gasteiger partial charge in [-0.3, -0.25) is 4.98 Å². The van der Waals surface area contributed by atoms with E-state index in [9.17, 15) is 4.79 Å². The molecule has 0 aliphatic carbocycles. The molecule has 4 nitrogen and oxygen atoms in total. The quantitative estimate of drug-likeness (QED) is 0.885. The third-order valence-electron chi connectivity index (χ3n) is 2.92. The van der Waals surface area contributed by atoms with Crippen LogP contribution < -0.4 is 10.6 Å². The van der Waals surface area contributed by atoms with E-state index in [1.165, 1.54) is 5.56 Å². The number of amides is 2. The highest BCUT2D eigenvalue weighted by atomic mass is 16.2. The lowest BCUT2D eigenvalue weighted by molar-refractivity contribution is 0.251. The molecule has 2 N–H and O–H groups in total. The Morgan fingerprint density at radius 1 is 1.16 bits per heavy atom. The number of carbonyl (C=O) groups is 1. The molecular weight excluding hydrogens is 238 g/mol. The van der Waals surface area contributed by atoms with E-state index >= 15 is 0 Å². The van der Waals surface area contributed by atoms with Crippen molar-refractivity contribution >= 4 is 11.7 Å². The standard InChI is InChI=1S/C15H17N3O/c1-11-6-7-13(9-12(11)2)18-15(19)17-10-14-5-3-4-8-16-14/h3-9H,10H2,1-2H3,(H2,17,18,19). The number of aromatic nitrogens is 1. The molecule has 0 aliphatic rings. The van der Waals surface area contributed by atoms with Crippen molar-refractivity contribution < 1.29 is 4.79 Å². The zero-order chi connectivity index (χ0) is 13.7. The molecule has 0 unspecified atom stereocenters. The molecule has 0 fully saturated rings. The Morgan fingerprint density at radius 2 is 2.00 bits per heavy atom. The maximum absolute atomic E-state index is 11.7. The lowest BCUT2D eigenvalue weighted by Crippen LogP contribution is -2.28. The second-order valence-corrected chi connectivity index (χ2v) is 4.43. The van der Waals surface area contributed by atoms with E-state index < -0.39 is 0 Å². The number of rotatable bonds is 3. The van der Waals surface area contributed by atoms with E-state index in [1.54, 1.807) is 6.20 Å². The fourth-order valence-electron chi connectivity index (χ4n) is 1.67. The number of nitrogens with zero attached hydrogens (tertiary/aromatic N) is 1. The van der Waals surface area contributed by atoms with Gasteiger partial charge >= 0.3 is 6.03 Å². The average Bonchev–Trinajstić information content (AvgIpc) is 2.42. The van der Waals surface area contributed by atoms with Crippen LogP contribution in [0.2, 0.25) is 0 Å². The number of hydrogen-bond acceptors (Lipinski definition) is 2. The molecule has 0 atom stereocenters. The van der Waals surface area contributed by atoms with Crippen LogP contribution in [0.3, 0.4) is 0 Å². The van der Waals surface area contributed by atoms with Gasteiger partial charge in [0.05, 0.1) is 12.2 Å². The highest BCUT2D eigenvalue weighted by Crippen LogP contribution is 2.13. The van der Waals surface area contributed by atoms with Crippen molar-refractivity contribution in [1.29, 1.82) is 0 Å². The highest BCUT2D eigenvalue weighted by molar-refractivity contribution is 5.89. The molecule has 19 heavy (non-hydrogen) atoms. The first kappa shape index (κ1) is 13.1. The summed E-state index contributed by atoms with van der Waals surface area (Å²) < 4.78 is 0. The van der Waals surface area contributed by atoms with Crippen LogP contribution >= 0.6 is 0 Å². The fourth-order valence-corrected chi connectivity index (χ4v) is 1.67. The summed E-state index contributed by atoms with van der Waals surface area (Å²) >= 11 is 0. The summed E-state index contributed by atoms with van der Waals surface area (Å²) in [6.07, 6.45) is 1.71. The SMILES string of the molecule is Cc1ccc(NC(=O)NCc2ccccn2)cc1C. The van der Waals surface area contributed by atoms with Gasteiger partial charge in [-0.1, -0.05) is 12.1 Å². The van der Waals surface area contributed by atoms with Crippen molar-refractivity contribution in [3.05, 3.63) is 59.4 Å². The normalized spacial score (nSPS) is 10.0. The molecule has 2 aromatic rings. The topological polar surface area (TPSA) is 54.0 Å². The number of benzene rings is 1. The Kier molecular flexibility index (Phi) is 4.13. The van der Waals surface area contributed by atoms with Crippen LogP contribution in [-0.2, 0) is 6.54 Å². The zero-order valence-corrected chi connectivity index (χ0v) is 11.1. The molecule has 0 saturated heterocycles. The van der Waals surface area contributed by atoms with Crippen LogP contribution in [-0.4, -0.2) is 11.0 Å². The summed E-state index contributed by atoms with van der Waals surface area (Å²) in [4.78, 5) is 15.9. The lowest BCUT2D eigenvalue weighted by Gasteiger charge is -2.09. The molecule has 0 saturated carbocycles.